The van der Waals surface area contributed by atoms with E-state index >= 15 is 0 Å². The molecule has 4 saturated heterocycles. The zero-order chi connectivity index (χ0) is 105. The van der Waals surface area contributed by atoms with Gasteiger partial charge in [-0.3, -0.25) is 101 Å². The van der Waals surface area contributed by atoms with Gasteiger partial charge in [0.25, 0.3) is 11.1 Å². The third-order valence-corrected chi connectivity index (χ3v) is 27.9. The summed E-state index contributed by atoms with van der Waals surface area (Å²) in [5.74, 6) is -8.86. The first-order valence-corrected chi connectivity index (χ1v) is 54.6. The lowest BCUT2D eigenvalue weighted by atomic mass is 9.91. The average molecular weight is 2020 g/mol. The summed E-state index contributed by atoms with van der Waals surface area (Å²) in [4.78, 5) is 236. The first kappa shape index (κ1) is 108. The number of hydrogen-bond donors (Lipinski definition) is 12. The number of aromatic nitrogens is 12. The molecule has 0 bridgehead atoms. The molecule has 0 aromatic carbocycles. The van der Waals surface area contributed by atoms with Crippen LogP contribution in [0.3, 0.4) is 0 Å². The molecule has 43 nitrogen and oxygen atoms in total. The predicted molar refractivity (Wildman–Crippen MR) is 546 cm³/mol. The highest BCUT2D eigenvalue weighted by Gasteiger charge is 2.40. The number of primary amides is 4. The van der Waals surface area contributed by atoms with Crippen LogP contribution in [0.4, 0.5) is 22.7 Å². The van der Waals surface area contributed by atoms with E-state index in [2.05, 4.69) is 107 Å². The van der Waals surface area contributed by atoms with Crippen molar-refractivity contribution in [1.82, 2.24) is 79.0 Å². The Labute approximate surface area is 833 Å². The van der Waals surface area contributed by atoms with E-state index in [1.807, 2.05) is 50.4 Å². The minimum Gasteiger partial charge on any atom is -0.474 e. The van der Waals surface area contributed by atoms with Crippen LogP contribution in [0.5, 0.6) is 0 Å². The molecule has 11 amide bonds. The number of amides is 11. The van der Waals surface area contributed by atoms with E-state index in [9.17, 15) is 76.7 Å². The molecule has 6 unspecified atom stereocenters. The van der Waals surface area contributed by atoms with Gasteiger partial charge in [-0.1, -0.05) is 67.0 Å². The SMILES string of the molecule is CC1CCC(c2ccc3[nH]c(=O)ccc3n2)N(C(=O)C(=O)Nc2cncc(C(N)=O)c2)C1.CC1CCC(c2ccc3c(ccc(=O)n3COCC[Si](C)(C)C)n2)N(C(=O)C(=O)Nc2cncc(C(N)=O)c2)C1.CC1CCC(c2ccc3c(ccc(=O)n3COCC[Si](C)(C)C)n2)NC1.C[C@H]1CC[C@H](c2ccc3[nH]c(=O)ccc3n2)N(C(=O)C(=O)Nc2cncc(C(N)=O)c2)C1.NC(=O)c1cncc(NC(=O)C(=O)O)c1. The van der Waals surface area contributed by atoms with Gasteiger partial charge < -0.3 is 88.8 Å². The third-order valence-electron chi connectivity index (χ3n) is 24.5. The van der Waals surface area contributed by atoms with Crippen molar-refractivity contribution in [2.75, 3.05) is 60.7 Å². The van der Waals surface area contributed by atoms with Crippen molar-refractivity contribution in [3.8, 4) is 0 Å². The van der Waals surface area contributed by atoms with Crippen LogP contribution in [-0.2, 0) is 61.3 Å². The Hall–Kier alpha value is -16.0. The van der Waals surface area contributed by atoms with Gasteiger partial charge in [0.1, 0.15) is 13.5 Å². The number of pyridine rings is 12. The number of piperidine rings is 4. The van der Waals surface area contributed by atoms with Gasteiger partial charge in [0.2, 0.25) is 34.7 Å². The first-order valence-electron chi connectivity index (χ1n) is 47.2. The van der Waals surface area contributed by atoms with Gasteiger partial charge >= 0.3 is 47.3 Å². The van der Waals surface area contributed by atoms with Crippen molar-refractivity contribution >= 4 is 154 Å². The van der Waals surface area contributed by atoms with E-state index in [1.54, 1.807) is 68.6 Å². The number of rotatable bonds is 22. The molecule has 16 rings (SSSR count). The Morgan fingerprint density at radius 3 is 1.01 bits per heavy atom. The normalized spacial score (nSPS) is 17.7. The Balaban J connectivity index is 0.000000166. The number of anilines is 4. The van der Waals surface area contributed by atoms with E-state index in [0.29, 0.717) is 115 Å². The molecule has 8 atom stereocenters. The summed E-state index contributed by atoms with van der Waals surface area (Å²) in [6, 6.07) is 33.9. The van der Waals surface area contributed by atoms with Crippen molar-refractivity contribution in [3.63, 3.8) is 0 Å². The van der Waals surface area contributed by atoms with Crippen LogP contribution in [0.15, 0.2) is 190 Å². The fourth-order valence-electron chi connectivity index (χ4n) is 16.6. The molecule has 0 aliphatic carbocycles. The highest BCUT2D eigenvalue weighted by molar-refractivity contribution is 6.76. The van der Waals surface area contributed by atoms with E-state index in [0.717, 1.165) is 67.0 Å². The second-order valence-corrected chi connectivity index (χ2v) is 49.9. The second-order valence-electron chi connectivity index (χ2n) is 38.7. The summed E-state index contributed by atoms with van der Waals surface area (Å²) in [5, 5.41) is 21.4. The average Bonchev–Trinajstić information content (AvgIpc) is 0.790. The van der Waals surface area contributed by atoms with Crippen LogP contribution in [0.2, 0.25) is 51.4 Å². The molecule has 4 fully saturated rings. The highest BCUT2D eigenvalue weighted by Crippen LogP contribution is 2.38. The molecule has 760 valence electrons. The number of aliphatic carboxylic acids is 1. The summed E-state index contributed by atoms with van der Waals surface area (Å²) in [6.07, 6.45) is 17.2. The van der Waals surface area contributed by atoms with Gasteiger partial charge in [0, 0.05) is 104 Å². The largest absolute Gasteiger partial charge is 0.474 e. The molecule has 4 aliphatic rings. The van der Waals surface area contributed by atoms with Gasteiger partial charge in [-0.05, 0) is 191 Å². The number of nitrogens with one attached hydrogen (secondary N) is 7. The van der Waals surface area contributed by atoms with Crippen LogP contribution in [0, 0.1) is 23.7 Å². The number of carboxylic acids is 1. The molecule has 0 radical (unpaired) electrons. The van der Waals surface area contributed by atoms with Gasteiger partial charge in [0.15, 0.2) is 0 Å². The number of nitrogens with zero attached hydrogens (tertiary/aromatic N) is 13. The lowest BCUT2D eigenvalue weighted by Crippen LogP contribution is -2.46. The van der Waals surface area contributed by atoms with Crippen molar-refractivity contribution in [3.05, 3.63) is 257 Å². The highest BCUT2D eigenvalue weighted by atomic mass is 28.3. The summed E-state index contributed by atoms with van der Waals surface area (Å²) >= 11 is 0. The van der Waals surface area contributed by atoms with Gasteiger partial charge in [0.05, 0.1) is 155 Å². The lowest BCUT2D eigenvalue weighted by Gasteiger charge is -2.38. The Kier molecular flexibility index (Phi) is 36.2. The maximum atomic E-state index is 13.3. The van der Waals surface area contributed by atoms with Crippen molar-refractivity contribution in [2.45, 2.75) is 168 Å². The monoisotopic (exact) mass is 2010 g/mol. The molecule has 0 saturated carbocycles. The van der Waals surface area contributed by atoms with E-state index < -0.39 is 93.1 Å². The molecule has 4 aliphatic heterocycles. The number of carbonyl (C=O) groups is 12. The number of ether oxygens (including phenoxy) is 2. The molecular formula is C100H118N24O19Si2. The Morgan fingerprint density at radius 1 is 0.379 bits per heavy atom. The van der Waals surface area contributed by atoms with Gasteiger partial charge in [-0.2, -0.15) is 0 Å². The number of fused-ring (bicyclic) bond motifs is 4. The van der Waals surface area contributed by atoms with E-state index in [-0.39, 0.29) is 104 Å². The zero-order valence-corrected chi connectivity index (χ0v) is 83.9. The minimum absolute atomic E-state index is 0.0373. The van der Waals surface area contributed by atoms with Crippen LogP contribution < -0.4 is 71.8 Å². The maximum absolute atomic E-state index is 13.3. The smallest absolute Gasteiger partial charge is 0.394 e. The summed E-state index contributed by atoms with van der Waals surface area (Å²) in [5.41, 5.74) is 29.6. The molecule has 16 heterocycles. The molecule has 45 heteroatoms. The van der Waals surface area contributed by atoms with Gasteiger partial charge in [-0.25, -0.2) is 24.7 Å². The number of hydrogen-bond acceptors (Lipinski definition) is 27. The van der Waals surface area contributed by atoms with Crippen molar-refractivity contribution < 1.29 is 72.1 Å². The molecular weight excluding hydrogens is 1900 g/mol. The molecule has 16 N–H and O–H groups in total. The fraction of sp³-hybridized carbons (Fsp3) is 0.360. The summed E-state index contributed by atoms with van der Waals surface area (Å²) in [6.45, 7) is 26.1. The molecule has 12 aromatic heterocycles. The second kappa shape index (κ2) is 48.6. The van der Waals surface area contributed by atoms with Gasteiger partial charge in [-0.15, -0.1) is 0 Å². The van der Waals surface area contributed by atoms with Crippen LogP contribution in [0.1, 0.15) is 167 Å². The minimum atomic E-state index is -1.63. The van der Waals surface area contributed by atoms with E-state index in [1.165, 1.54) is 108 Å². The fourth-order valence-corrected chi connectivity index (χ4v) is 18.1. The Bertz CT molecular complexity index is 6940. The van der Waals surface area contributed by atoms with E-state index in [4.69, 9.17) is 47.5 Å². The standard InChI is InChI=1S/C28H36N6O5Si.2C22H22N6O4.C20H31N3O2Si.C8H7N3O4/c1-18-5-8-23(33(16-18)28(38)27(37)31-20-13-19(26(29)36)14-30-15-20)21-6-9-24-22(32-21)7-10-25(35)34(24)17-39-11-12-40(2,3)4;2*1-12-2-6-18(17-4-3-16-15(26-17)5-7-19(29)27-16)28(11-12)22(32)21(31)25-14-8-13(20(23)30)9-24-10-14;1-15-5-6-16(21-13-15)17-7-9-19-18(22-17)8-10-20(24)23(19)14-25-11-12-26(2,3)4;9-6(12)4-1-5(3-10-2-4)11-7(13)8(14)15/h6-7,9-10,13-15,18,23H,5,8,11-12,16-17H2,1-4H3,(H2,29,36)(H,31,37);2*3-5,7-10,12,18H,2,6,11H2,1H3,(H2,23,30)(H,25,31)(H,27,29);7-10,15-16,21H,5-6,11-14H2,1-4H3;1-3H,(H2,9,12)(H,11,13)(H,14,15)/t;12-,18+;;;/m.0.../s1. The molecule has 12 aromatic rings. The number of likely N-dealkylation sites (tertiary alicyclic amines) is 3. The van der Waals surface area contributed by atoms with Crippen molar-refractivity contribution in [1.29, 1.82) is 0 Å². The Morgan fingerprint density at radius 2 is 0.690 bits per heavy atom. The summed E-state index contributed by atoms with van der Waals surface area (Å²) in [7, 11) is -2.38. The number of aromatic amines is 2. The van der Waals surface area contributed by atoms with Crippen LogP contribution in [-0.4, -0.2) is 205 Å². The van der Waals surface area contributed by atoms with Crippen LogP contribution in [0.25, 0.3) is 44.1 Å². The zero-order valence-electron chi connectivity index (χ0n) is 81.9. The van der Waals surface area contributed by atoms with Crippen molar-refractivity contribution in [2.24, 2.45) is 46.6 Å². The third kappa shape index (κ3) is 29.8. The number of carbonyl (C=O) groups excluding carboxylic acids is 11. The number of carboxylic acid groups (broad SMARTS) is 1. The maximum Gasteiger partial charge on any atom is 0.394 e. The topological polar surface area (TPSA) is 630 Å². The molecule has 0 spiro atoms. The quantitative estimate of drug-likeness (QED) is 0.0171. The predicted octanol–water partition coefficient (Wildman–Crippen LogP) is 8.82. The van der Waals surface area contributed by atoms with Crippen LogP contribution >= 0.6 is 0 Å². The number of nitrogens with two attached hydrogens (primary N) is 4. The molecule has 145 heavy (non-hydrogen) atoms. The summed E-state index contributed by atoms with van der Waals surface area (Å²) < 4.78 is 14.9. The first-order chi connectivity index (χ1) is 68.9. The lowest BCUT2D eigenvalue weighted by molar-refractivity contribution is -0.147. The number of H-pyrrole nitrogens is 2.